The van der Waals surface area contributed by atoms with Crippen LogP contribution in [0.4, 0.5) is 5.69 Å². The van der Waals surface area contributed by atoms with Crippen LogP contribution in [0.1, 0.15) is 0 Å². The largest absolute Gasteiger partial charge is 0.497 e. The summed E-state index contributed by atoms with van der Waals surface area (Å²) in [5, 5.41) is 0.0948. The molecule has 1 aliphatic rings. The van der Waals surface area contributed by atoms with E-state index in [9.17, 15) is 13.2 Å². The first-order valence-corrected chi connectivity index (χ1v) is 10.7. The third-order valence-corrected chi connectivity index (χ3v) is 5.95. The Kier molecular flexibility index (Phi) is 6.83. The standard InChI is InChI=1S/C19H21ClN2O6S/c1-26-15-4-2-14(3-5-15)21-29(24,25)16-6-7-18(17(20)12-16)28-13-19(23)22-8-10-27-11-9-22/h2-7,12,21H,8-11,13H2,1H3. The Balaban J connectivity index is 1.65. The molecule has 2 aromatic carbocycles. The number of methoxy groups -OCH3 is 1. The lowest BCUT2D eigenvalue weighted by atomic mass is 10.3. The van der Waals surface area contributed by atoms with Gasteiger partial charge in [-0.15, -0.1) is 0 Å². The smallest absolute Gasteiger partial charge is 0.261 e. The molecule has 0 atom stereocenters. The number of rotatable bonds is 7. The monoisotopic (exact) mass is 440 g/mol. The van der Waals surface area contributed by atoms with Crippen molar-refractivity contribution in [3.63, 3.8) is 0 Å². The van der Waals surface area contributed by atoms with Crippen LogP contribution in [0.2, 0.25) is 5.02 Å². The zero-order chi connectivity index (χ0) is 20.9. The van der Waals surface area contributed by atoms with Gasteiger partial charge in [-0.25, -0.2) is 8.42 Å². The molecule has 1 N–H and O–H groups in total. The van der Waals surface area contributed by atoms with Gasteiger partial charge in [0.25, 0.3) is 15.9 Å². The second kappa shape index (κ2) is 9.34. The van der Waals surface area contributed by atoms with Gasteiger partial charge in [-0.2, -0.15) is 0 Å². The number of anilines is 1. The summed E-state index contributed by atoms with van der Waals surface area (Å²) in [5.74, 6) is 0.669. The topological polar surface area (TPSA) is 94.2 Å². The predicted molar refractivity (Wildman–Crippen MR) is 108 cm³/mol. The molecule has 1 saturated heterocycles. The molecule has 0 spiro atoms. The molecule has 3 rings (SSSR count). The summed E-state index contributed by atoms with van der Waals surface area (Å²) in [7, 11) is -2.31. The molecule has 0 bridgehead atoms. The molecule has 0 radical (unpaired) electrons. The first-order valence-electron chi connectivity index (χ1n) is 8.84. The zero-order valence-corrected chi connectivity index (χ0v) is 17.3. The van der Waals surface area contributed by atoms with E-state index in [-0.39, 0.29) is 28.2 Å². The van der Waals surface area contributed by atoms with E-state index < -0.39 is 10.0 Å². The number of hydrogen-bond acceptors (Lipinski definition) is 6. The van der Waals surface area contributed by atoms with Crippen molar-refractivity contribution in [2.75, 3.05) is 44.7 Å². The first kappa shape index (κ1) is 21.2. The van der Waals surface area contributed by atoms with E-state index in [1.54, 1.807) is 29.2 Å². The van der Waals surface area contributed by atoms with Gasteiger partial charge in [0.1, 0.15) is 11.5 Å². The molecule has 1 aliphatic heterocycles. The van der Waals surface area contributed by atoms with Gasteiger partial charge in [0.2, 0.25) is 0 Å². The number of benzene rings is 2. The molecule has 1 amide bonds. The molecule has 156 valence electrons. The fourth-order valence-corrected chi connectivity index (χ4v) is 4.07. The van der Waals surface area contributed by atoms with Gasteiger partial charge in [-0.1, -0.05) is 11.6 Å². The van der Waals surface area contributed by atoms with E-state index in [0.717, 1.165) is 0 Å². The van der Waals surface area contributed by atoms with Crippen LogP contribution in [0, 0.1) is 0 Å². The number of halogens is 1. The lowest BCUT2D eigenvalue weighted by molar-refractivity contribution is -0.137. The molecule has 2 aromatic rings. The van der Waals surface area contributed by atoms with E-state index in [0.29, 0.717) is 37.7 Å². The summed E-state index contributed by atoms with van der Waals surface area (Å²) in [4.78, 5) is 13.8. The number of nitrogens with one attached hydrogen (secondary N) is 1. The van der Waals surface area contributed by atoms with Crippen molar-refractivity contribution in [2.24, 2.45) is 0 Å². The highest BCUT2D eigenvalue weighted by Crippen LogP contribution is 2.28. The van der Waals surface area contributed by atoms with Crippen LogP contribution < -0.4 is 14.2 Å². The lowest BCUT2D eigenvalue weighted by Crippen LogP contribution is -2.43. The van der Waals surface area contributed by atoms with Crippen molar-refractivity contribution >= 4 is 33.2 Å². The number of carbonyl (C=O) groups excluding carboxylic acids is 1. The average molecular weight is 441 g/mol. The number of sulfonamides is 1. The van der Waals surface area contributed by atoms with Gasteiger partial charge < -0.3 is 19.1 Å². The highest BCUT2D eigenvalue weighted by molar-refractivity contribution is 7.92. The minimum Gasteiger partial charge on any atom is -0.497 e. The number of nitrogens with zero attached hydrogens (tertiary/aromatic N) is 1. The highest BCUT2D eigenvalue weighted by Gasteiger charge is 2.19. The molecule has 0 unspecified atom stereocenters. The van der Waals surface area contributed by atoms with Crippen molar-refractivity contribution in [1.29, 1.82) is 0 Å². The molecule has 29 heavy (non-hydrogen) atoms. The Labute approximate surface area is 174 Å². The van der Waals surface area contributed by atoms with E-state index in [4.69, 9.17) is 25.8 Å². The average Bonchev–Trinajstić information content (AvgIpc) is 2.73. The van der Waals surface area contributed by atoms with E-state index >= 15 is 0 Å². The van der Waals surface area contributed by atoms with Gasteiger partial charge >= 0.3 is 0 Å². The Morgan fingerprint density at radius 2 is 1.86 bits per heavy atom. The summed E-state index contributed by atoms with van der Waals surface area (Å²) in [5.41, 5.74) is 0.387. The Hall–Kier alpha value is -2.49. The molecule has 0 aromatic heterocycles. The fourth-order valence-electron chi connectivity index (χ4n) is 2.68. The van der Waals surface area contributed by atoms with Gasteiger partial charge in [-0.05, 0) is 42.5 Å². The molecule has 0 saturated carbocycles. The highest BCUT2D eigenvalue weighted by atomic mass is 35.5. The molecule has 0 aliphatic carbocycles. The molecular formula is C19H21ClN2O6S. The van der Waals surface area contributed by atoms with Crippen LogP contribution in [0.15, 0.2) is 47.4 Å². The molecular weight excluding hydrogens is 420 g/mol. The van der Waals surface area contributed by atoms with Gasteiger partial charge in [0.05, 0.1) is 30.2 Å². The van der Waals surface area contributed by atoms with Crippen LogP contribution in [-0.2, 0) is 19.6 Å². The summed E-state index contributed by atoms with van der Waals surface area (Å²) < 4.78 is 43.4. The van der Waals surface area contributed by atoms with E-state index in [1.165, 1.54) is 25.3 Å². The molecule has 8 nitrogen and oxygen atoms in total. The van der Waals surface area contributed by atoms with Crippen molar-refractivity contribution in [3.05, 3.63) is 47.5 Å². The summed E-state index contributed by atoms with van der Waals surface area (Å²) >= 11 is 6.17. The first-order chi connectivity index (χ1) is 13.9. The van der Waals surface area contributed by atoms with Crippen molar-refractivity contribution in [3.8, 4) is 11.5 Å². The number of carbonyl (C=O) groups is 1. The van der Waals surface area contributed by atoms with Crippen LogP contribution in [0.25, 0.3) is 0 Å². The number of amides is 1. The molecule has 1 heterocycles. The minimum atomic E-state index is -3.84. The zero-order valence-electron chi connectivity index (χ0n) is 15.8. The second-order valence-corrected chi connectivity index (χ2v) is 8.30. The summed E-state index contributed by atoms with van der Waals surface area (Å²) in [6, 6.07) is 10.5. The maximum Gasteiger partial charge on any atom is 0.261 e. The van der Waals surface area contributed by atoms with Gasteiger partial charge in [0.15, 0.2) is 6.61 Å². The normalized spacial score (nSPS) is 14.3. The maximum absolute atomic E-state index is 12.6. The number of hydrogen-bond donors (Lipinski definition) is 1. The third kappa shape index (κ3) is 5.53. The summed E-state index contributed by atoms with van der Waals surface area (Å²) in [6.07, 6.45) is 0. The van der Waals surface area contributed by atoms with E-state index in [2.05, 4.69) is 4.72 Å². The second-order valence-electron chi connectivity index (χ2n) is 6.21. The number of morpholine rings is 1. The Morgan fingerprint density at radius 3 is 2.48 bits per heavy atom. The van der Waals surface area contributed by atoms with Crippen LogP contribution in [-0.4, -0.2) is 59.2 Å². The Bertz CT molecular complexity index is 959. The number of ether oxygens (including phenoxy) is 3. The van der Waals surface area contributed by atoms with E-state index in [1.807, 2.05) is 0 Å². The predicted octanol–water partition coefficient (Wildman–Crippen LogP) is 2.39. The van der Waals surface area contributed by atoms with Crippen molar-refractivity contribution in [1.82, 2.24) is 4.90 Å². The van der Waals surface area contributed by atoms with Crippen molar-refractivity contribution in [2.45, 2.75) is 4.90 Å². The van der Waals surface area contributed by atoms with Crippen LogP contribution in [0.3, 0.4) is 0 Å². The van der Waals surface area contributed by atoms with Crippen LogP contribution in [0.5, 0.6) is 11.5 Å². The summed E-state index contributed by atoms with van der Waals surface area (Å²) in [6.45, 7) is 1.85. The Morgan fingerprint density at radius 1 is 1.17 bits per heavy atom. The maximum atomic E-state index is 12.6. The fraction of sp³-hybridized carbons (Fsp3) is 0.316. The molecule has 1 fully saturated rings. The minimum absolute atomic E-state index is 0.0230. The SMILES string of the molecule is COc1ccc(NS(=O)(=O)c2ccc(OCC(=O)N3CCOCC3)c(Cl)c2)cc1. The van der Waals surface area contributed by atoms with Gasteiger partial charge in [-0.3, -0.25) is 9.52 Å². The quantitative estimate of drug-likeness (QED) is 0.710. The van der Waals surface area contributed by atoms with Crippen molar-refractivity contribution < 1.29 is 27.4 Å². The van der Waals surface area contributed by atoms with Gasteiger partial charge in [0, 0.05) is 18.8 Å². The van der Waals surface area contributed by atoms with Crippen LogP contribution >= 0.6 is 11.6 Å². The third-order valence-electron chi connectivity index (χ3n) is 4.27. The lowest BCUT2D eigenvalue weighted by Gasteiger charge is -2.26. The molecule has 10 heteroatoms.